The van der Waals surface area contributed by atoms with Crippen molar-refractivity contribution in [2.24, 2.45) is 0 Å². The zero-order chi connectivity index (χ0) is 19.8. The van der Waals surface area contributed by atoms with E-state index in [0.717, 1.165) is 35.7 Å². The molecule has 0 spiro atoms. The predicted molar refractivity (Wildman–Crippen MR) is 116 cm³/mol. The number of aryl methyl sites for hydroxylation is 2. The van der Waals surface area contributed by atoms with Crippen LogP contribution in [0.4, 0.5) is 0 Å². The molecule has 3 rings (SSSR count). The van der Waals surface area contributed by atoms with Gasteiger partial charge in [0.15, 0.2) is 0 Å². The molecule has 0 saturated heterocycles. The van der Waals surface area contributed by atoms with Gasteiger partial charge in [0.05, 0.1) is 5.69 Å². The molecule has 2 aliphatic rings. The van der Waals surface area contributed by atoms with Gasteiger partial charge in [0, 0.05) is 23.8 Å². The Morgan fingerprint density at radius 2 is 1.52 bits per heavy atom. The van der Waals surface area contributed by atoms with Crippen LogP contribution in [0, 0.1) is 0 Å². The van der Waals surface area contributed by atoms with E-state index in [4.69, 9.17) is 12.6 Å². The van der Waals surface area contributed by atoms with E-state index in [9.17, 15) is 0 Å². The summed E-state index contributed by atoms with van der Waals surface area (Å²) in [6.45, 7) is 14.6. The lowest BCUT2D eigenvalue weighted by atomic mass is 9.79. The molecule has 2 heterocycles. The van der Waals surface area contributed by atoms with Gasteiger partial charge in [-0.15, -0.1) is 12.6 Å². The molecule has 27 heavy (non-hydrogen) atoms. The molecule has 4 heteroatoms. The minimum Gasteiger partial charge on any atom is -0.352 e. The van der Waals surface area contributed by atoms with Crippen molar-refractivity contribution in [3.63, 3.8) is 0 Å². The van der Waals surface area contributed by atoms with Gasteiger partial charge in [-0.25, -0.2) is 9.97 Å². The van der Waals surface area contributed by atoms with E-state index in [1.165, 1.54) is 16.7 Å². The molecular formula is C23H31N3S. The monoisotopic (exact) mass is 381 g/mol. The normalized spacial score (nSPS) is 12.7. The summed E-state index contributed by atoms with van der Waals surface area (Å²) in [7, 11) is 0. The van der Waals surface area contributed by atoms with Crippen molar-refractivity contribution < 1.29 is 0 Å². The van der Waals surface area contributed by atoms with Crippen molar-refractivity contribution in [2.45, 2.75) is 76.7 Å². The van der Waals surface area contributed by atoms with Gasteiger partial charge in [-0.05, 0) is 46.4 Å². The first kappa shape index (κ1) is 19.9. The molecule has 0 amide bonds. The van der Waals surface area contributed by atoms with Crippen molar-refractivity contribution in [3.8, 4) is 11.4 Å². The van der Waals surface area contributed by atoms with Crippen molar-refractivity contribution in [3.05, 3.63) is 53.6 Å². The Morgan fingerprint density at radius 1 is 0.926 bits per heavy atom. The van der Waals surface area contributed by atoms with E-state index in [1.54, 1.807) is 6.33 Å². The van der Waals surface area contributed by atoms with E-state index in [1.807, 2.05) is 6.07 Å². The van der Waals surface area contributed by atoms with Gasteiger partial charge in [-0.2, -0.15) is 0 Å². The van der Waals surface area contributed by atoms with Gasteiger partial charge in [0.1, 0.15) is 12.0 Å². The third kappa shape index (κ3) is 4.55. The van der Waals surface area contributed by atoms with Gasteiger partial charge in [-0.3, -0.25) is 0 Å². The van der Waals surface area contributed by atoms with E-state index in [2.05, 4.69) is 80.6 Å². The third-order valence-electron chi connectivity index (χ3n) is 5.04. The standard InChI is InChI=1S/C23H31N3S/c1-22(2,3)17-12-16(13-18(21(17)27)23(4,5)6)8-7-10-26-11-9-19-20(14-26)25-15-24-19/h9,11-15,27H,7-8,10H2,1-6H3. The second kappa shape index (κ2) is 7.31. The number of pyridine rings is 1. The summed E-state index contributed by atoms with van der Waals surface area (Å²) < 4.78 is 2.21. The van der Waals surface area contributed by atoms with Gasteiger partial charge >= 0.3 is 0 Å². The minimum atomic E-state index is 0.0866. The molecule has 1 aromatic carbocycles. The highest BCUT2D eigenvalue weighted by atomic mass is 32.1. The van der Waals surface area contributed by atoms with Crippen LogP contribution < -0.4 is 0 Å². The summed E-state index contributed by atoms with van der Waals surface area (Å²) in [6, 6.07) is 6.75. The number of imidazole rings is 1. The lowest BCUT2D eigenvalue weighted by Gasteiger charge is -2.29. The fraction of sp³-hybridized carbons (Fsp3) is 0.478. The molecule has 0 fully saturated rings. The van der Waals surface area contributed by atoms with Crippen LogP contribution in [-0.4, -0.2) is 14.5 Å². The smallest absolute Gasteiger partial charge is 0.116 e. The van der Waals surface area contributed by atoms with E-state index in [0.29, 0.717) is 0 Å². The van der Waals surface area contributed by atoms with Crippen LogP contribution in [0.3, 0.4) is 0 Å². The summed E-state index contributed by atoms with van der Waals surface area (Å²) in [5.74, 6) is 0. The molecule has 0 aromatic heterocycles. The lowest BCUT2D eigenvalue weighted by molar-refractivity contribution is 0.543. The van der Waals surface area contributed by atoms with E-state index >= 15 is 0 Å². The van der Waals surface area contributed by atoms with Gasteiger partial charge < -0.3 is 4.57 Å². The SMILES string of the molecule is CC(C)(C)c1cc(CCCn2ccc3ncnc-3c2)cc(C(C)(C)C)c1S. The second-order valence-corrected chi connectivity index (χ2v) is 9.92. The Kier molecular flexibility index (Phi) is 5.40. The first-order valence-corrected chi connectivity index (χ1v) is 10.1. The molecule has 144 valence electrons. The molecule has 3 nitrogen and oxygen atoms in total. The number of nitrogens with zero attached hydrogens (tertiary/aromatic N) is 3. The second-order valence-electron chi connectivity index (χ2n) is 9.47. The van der Waals surface area contributed by atoms with Crippen LogP contribution in [0.1, 0.15) is 64.7 Å². The van der Waals surface area contributed by atoms with Crippen LogP contribution >= 0.6 is 12.6 Å². The molecule has 0 saturated carbocycles. The molecule has 1 aromatic rings. The van der Waals surface area contributed by atoms with Crippen LogP contribution in [0.5, 0.6) is 0 Å². The molecule has 0 atom stereocenters. The first-order valence-electron chi connectivity index (χ1n) is 9.69. The molecule has 0 unspecified atom stereocenters. The molecule has 0 aliphatic carbocycles. The Hall–Kier alpha value is -1.81. The average Bonchev–Trinajstić information content (AvgIpc) is 3.01. The maximum Gasteiger partial charge on any atom is 0.116 e. The van der Waals surface area contributed by atoms with Crippen LogP contribution in [-0.2, 0) is 23.8 Å². The highest BCUT2D eigenvalue weighted by Crippen LogP contribution is 2.37. The molecule has 2 aliphatic heterocycles. The Morgan fingerprint density at radius 3 is 2.11 bits per heavy atom. The maximum atomic E-state index is 4.90. The van der Waals surface area contributed by atoms with Crippen molar-refractivity contribution in [1.29, 1.82) is 0 Å². The van der Waals surface area contributed by atoms with Crippen LogP contribution in [0.2, 0.25) is 0 Å². The fourth-order valence-corrected chi connectivity index (χ4v) is 4.27. The van der Waals surface area contributed by atoms with Gasteiger partial charge in [0.2, 0.25) is 0 Å². The minimum absolute atomic E-state index is 0.0866. The molecule has 0 radical (unpaired) electrons. The lowest BCUT2D eigenvalue weighted by Crippen LogP contribution is -2.19. The summed E-state index contributed by atoms with van der Waals surface area (Å²) in [6.07, 6.45) is 7.94. The third-order valence-corrected chi connectivity index (χ3v) is 5.52. The Bertz CT molecular complexity index is 862. The van der Waals surface area contributed by atoms with Crippen molar-refractivity contribution in [2.75, 3.05) is 0 Å². The van der Waals surface area contributed by atoms with Crippen molar-refractivity contribution >= 4 is 12.6 Å². The van der Waals surface area contributed by atoms with E-state index in [-0.39, 0.29) is 10.8 Å². The topological polar surface area (TPSA) is 30.7 Å². The zero-order valence-electron chi connectivity index (χ0n) is 17.4. The maximum absolute atomic E-state index is 4.90. The number of hydrogen-bond acceptors (Lipinski definition) is 3. The predicted octanol–water partition coefficient (Wildman–Crippen LogP) is 5.90. The van der Waals surface area contributed by atoms with Crippen LogP contribution in [0.25, 0.3) is 11.4 Å². The van der Waals surface area contributed by atoms with Gasteiger partial charge in [-0.1, -0.05) is 53.7 Å². The number of thiol groups is 1. The fourth-order valence-electron chi connectivity index (χ4n) is 3.47. The largest absolute Gasteiger partial charge is 0.352 e. The summed E-state index contributed by atoms with van der Waals surface area (Å²) in [5.41, 5.74) is 6.18. The highest BCUT2D eigenvalue weighted by molar-refractivity contribution is 7.80. The Labute approximate surface area is 169 Å². The number of aromatic nitrogens is 3. The number of benzene rings is 1. The number of rotatable bonds is 4. The molecule has 0 bridgehead atoms. The highest BCUT2D eigenvalue weighted by Gasteiger charge is 2.24. The van der Waals surface area contributed by atoms with Crippen LogP contribution in [0.15, 0.2) is 41.8 Å². The summed E-state index contributed by atoms with van der Waals surface area (Å²) in [5, 5.41) is 0. The zero-order valence-corrected chi connectivity index (χ0v) is 18.3. The average molecular weight is 382 g/mol. The summed E-state index contributed by atoms with van der Waals surface area (Å²) in [4.78, 5) is 9.67. The number of fused-ring (bicyclic) bond motifs is 1. The van der Waals surface area contributed by atoms with Gasteiger partial charge in [0.25, 0.3) is 0 Å². The number of hydrogen-bond donors (Lipinski definition) is 1. The Balaban J connectivity index is 1.81. The molecular weight excluding hydrogens is 350 g/mol. The summed E-state index contributed by atoms with van der Waals surface area (Å²) >= 11 is 4.90. The van der Waals surface area contributed by atoms with Crippen molar-refractivity contribution in [1.82, 2.24) is 14.5 Å². The quantitative estimate of drug-likeness (QED) is 0.570. The first-order chi connectivity index (χ1) is 12.6. The molecule has 0 N–H and O–H groups in total. The van der Waals surface area contributed by atoms with E-state index < -0.39 is 0 Å².